The van der Waals surface area contributed by atoms with Crippen LogP contribution in [0.2, 0.25) is 0 Å². The van der Waals surface area contributed by atoms with Gasteiger partial charge in [-0.3, -0.25) is 4.90 Å². The van der Waals surface area contributed by atoms with Crippen molar-refractivity contribution in [1.29, 1.82) is 0 Å². The Bertz CT molecular complexity index is 279. The fourth-order valence-electron chi connectivity index (χ4n) is 2.09. The highest BCUT2D eigenvalue weighted by Gasteiger charge is 2.25. The van der Waals surface area contributed by atoms with Gasteiger partial charge in [-0.05, 0) is 47.1 Å². The summed E-state index contributed by atoms with van der Waals surface area (Å²) in [5.41, 5.74) is -0.425. The van der Waals surface area contributed by atoms with Crippen molar-refractivity contribution in [2.24, 2.45) is 0 Å². The van der Waals surface area contributed by atoms with Crippen molar-refractivity contribution in [3.05, 3.63) is 0 Å². The van der Waals surface area contributed by atoms with Crippen LogP contribution in [0, 0.1) is 0 Å². The van der Waals surface area contributed by atoms with E-state index in [9.17, 15) is 9.90 Å². The van der Waals surface area contributed by atoms with E-state index in [0.717, 1.165) is 45.6 Å². The summed E-state index contributed by atoms with van der Waals surface area (Å²) in [6.45, 7) is 11.7. The summed E-state index contributed by atoms with van der Waals surface area (Å²) in [5, 5.41) is 9.22. The number of carbonyl (C=O) groups is 1. The standard InChI is InChI=1S/C14H28N2O3/c1-12(17)6-5-7-15-8-10-16(11-9-15)13(18)19-14(2,3)4/h12,17H,5-11H2,1-4H3/t12-/m1/s1. The molecule has 0 aliphatic carbocycles. The van der Waals surface area contributed by atoms with Crippen molar-refractivity contribution >= 4 is 6.09 Å². The van der Waals surface area contributed by atoms with Crippen LogP contribution >= 0.6 is 0 Å². The van der Waals surface area contributed by atoms with E-state index < -0.39 is 5.60 Å². The zero-order chi connectivity index (χ0) is 14.5. The topological polar surface area (TPSA) is 53.0 Å². The number of aliphatic hydroxyl groups excluding tert-OH is 1. The molecule has 1 aliphatic heterocycles. The Morgan fingerprint density at radius 2 is 1.84 bits per heavy atom. The van der Waals surface area contributed by atoms with Gasteiger partial charge < -0.3 is 14.7 Å². The molecule has 0 radical (unpaired) electrons. The number of rotatable bonds is 4. The number of piperazine rings is 1. The molecule has 0 spiro atoms. The van der Waals surface area contributed by atoms with Crippen LogP contribution in [0.25, 0.3) is 0 Å². The van der Waals surface area contributed by atoms with Crippen molar-refractivity contribution in [3.63, 3.8) is 0 Å². The third-order valence-corrected chi connectivity index (χ3v) is 3.12. The van der Waals surface area contributed by atoms with Crippen LogP contribution in [0.4, 0.5) is 4.79 Å². The van der Waals surface area contributed by atoms with E-state index >= 15 is 0 Å². The van der Waals surface area contributed by atoms with Crippen LogP contribution in [0.5, 0.6) is 0 Å². The molecule has 0 aromatic carbocycles. The Hall–Kier alpha value is -0.810. The third-order valence-electron chi connectivity index (χ3n) is 3.12. The van der Waals surface area contributed by atoms with Crippen molar-refractivity contribution in [2.45, 2.75) is 52.2 Å². The van der Waals surface area contributed by atoms with Gasteiger partial charge in [-0.1, -0.05) is 0 Å². The molecule has 0 unspecified atom stereocenters. The van der Waals surface area contributed by atoms with Crippen molar-refractivity contribution < 1.29 is 14.6 Å². The van der Waals surface area contributed by atoms with Gasteiger partial charge in [0.2, 0.25) is 0 Å². The fraction of sp³-hybridized carbons (Fsp3) is 0.929. The lowest BCUT2D eigenvalue weighted by Gasteiger charge is -2.35. The van der Waals surface area contributed by atoms with Crippen LogP contribution in [-0.2, 0) is 4.74 Å². The lowest BCUT2D eigenvalue weighted by atomic mass is 10.2. The average Bonchev–Trinajstić information content (AvgIpc) is 2.27. The number of hydrogen-bond donors (Lipinski definition) is 1. The molecule has 1 aliphatic rings. The first-order valence-electron chi connectivity index (χ1n) is 7.16. The van der Waals surface area contributed by atoms with Gasteiger partial charge in [-0.15, -0.1) is 0 Å². The molecule has 5 heteroatoms. The molecule has 1 N–H and O–H groups in total. The van der Waals surface area contributed by atoms with Gasteiger partial charge in [0.15, 0.2) is 0 Å². The summed E-state index contributed by atoms with van der Waals surface area (Å²) < 4.78 is 5.36. The molecule has 5 nitrogen and oxygen atoms in total. The zero-order valence-electron chi connectivity index (χ0n) is 12.7. The number of nitrogens with zero attached hydrogens (tertiary/aromatic N) is 2. The monoisotopic (exact) mass is 272 g/mol. The van der Waals surface area contributed by atoms with Gasteiger partial charge in [0.1, 0.15) is 5.60 Å². The van der Waals surface area contributed by atoms with E-state index in [0.29, 0.717) is 0 Å². The molecular formula is C14H28N2O3. The quantitative estimate of drug-likeness (QED) is 0.846. The number of amides is 1. The van der Waals surface area contributed by atoms with Crippen LogP contribution in [-0.4, -0.2) is 65.4 Å². The Morgan fingerprint density at radius 3 is 2.32 bits per heavy atom. The molecule has 0 aromatic rings. The van der Waals surface area contributed by atoms with Gasteiger partial charge in [-0.2, -0.15) is 0 Å². The molecule has 1 fully saturated rings. The number of carbonyl (C=O) groups excluding carboxylic acids is 1. The maximum Gasteiger partial charge on any atom is 0.410 e. The molecule has 0 saturated carbocycles. The van der Waals surface area contributed by atoms with Gasteiger partial charge in [-0.25, -0.2) is 4.79 Å². The second-order valence-electron chi connectivity index (χ2n) is 6.30. The summed E-state index contributed by atoms with van der Waals surface area (Å²) in [4.78, 5) is 16.0. The SMILES string of the molecule is C[C@@H](O)CCCN1CCN(C(=O)OC(C)(C)C)CC1. The van der Waals surface area contributed by atoms with E-state index in [1.807, 2.05) is 27.7 Å². The number of ether oxygens (including phenoxy) is 1. The molecule has 112 valence electrons. The second-order valence-corrected chi connectivity index (χ2v) is 6.30. The van der Waals surface area contributed by atoms with Gasteiger partial charge in [0, 0.05) is 26.2 Å². The lowest BCUT2D eigenvalue weighted by molar-refractivity contribution is 0.0142. The Kier molecular flexibility index (Phi) is 6.07. The van der Waals surface area contributed by atoms with Gasteiger partial charge in [0.25, 0.3) is 0 Å². The summed E-state index contributed by atoms with van der Waals surface area (Å²) in [5.74, 6) is 0. The van der Waals surface area contributed by atoms with Gasteiger partial charge in [0.05, 0.1) is 6.10 Å². The molecule has 1 heterocycles. The summed E-state index contributed by atoms with van der Waals surface area (Å²) in [6, 6.07) is 0. The van der Waals surface area contributed by atoms with Crippen molar-refractivity contribution in [3.8, 4) is 0 Å². The largest absolute Gasteiger partial charge is 0.444 e. The minimum Gasteiger partial charge on any atom is -0.444 e. The van der Waals surface area contributed by atoms with Crippen molar-refractivity contribution in [2.75, 3.05) is 32.7 Å². The molecule has 1 amide bonds. The van der Waals surface area contributed by atoms with Crippen LogP contribution in [0.15, 0.2) is 0 Å². The predicted molar refractivity (Wildman–Crippen MR) is 75.2 cm³/mol. The maximum atomic E-state index is 11.9. The van der Waals surface area contributed by atoms with Gasteiger partial charge >= 0.3 is 6.09 Å². The highest BCUT2D eigenvalue weighted by atomic mass is 16.6. The Balaban J connectivity index is 2.23. The van der Waals surface area contributed by atoms with Crippen LogP contribution in [0.3, 0.4) is 0 Å². The molecule has 1 saturated heterocycles. The first-order chi connectivity index (χ1) is 8.78. The summed E-state index contributed by atoms with van der Waals surface area (Å²) in [6.07, 6.45) is 1.41. The summed E-state index contributed by atoms with van der Waals surface area (Å²) in [7, 11) is 0. The first kappa shape index (κ1) is 16.2. The molecule has 0 aromatic heterocycles. The second kappa shape index (κ2) is 7.10. The van der Waals surface area contributed by atoms with Crippen LogP contribution in [0.1, 0.15) is 40.5 Å². The Morgan fingerprint density at radius 1 is 1.26 bits per heavy atom. The Labute approximate surface area is 116 Å². The minimum absolute atomic E-state index is 0.212. The molecular weight excluding hydrogens is 244 g/mol. The van der Waals surface area contributed by atoms with Crippen LogP contribution < -0.4 is 0 Å². The minimum atomic E-state index is -0.425. The maximum absolute atomic E-state index is 11.9. The summed E-state index contributed by atoms with van der Waals surface area (Å²) >= 11 is 0. The average molecular weight is 272 g/mol. The highest BCUT2D eigenvalue weighted by Crippen LogP contribution is 2.12. The molecule has 1 rings (SSSR count). The van der Waals surface area contributed by atoms with E-state index in [2.05, 4.69) is 4.90 Å². The third kappa shape index (κ3) is 6.78. The van der Waals surface area contributed by atoms with E-state index in [-0.39, 0.29) is 12.2 Å². The normalized spacial score (nSPS) is 19.3. The van der Waals surface area contributed by atoms with E-state index in [1.165, 1.54) is 0 Å². The molecule has 1 atom stereocenters. The van der Waals surface area contributed by atoms with E-state index in [4.69, 9.17) is 4.74 Å². The number of hydrogen-bond acceptors (Lipinski definition) is 4. The predicted octanol–water partition coefficient (Wildman–Crippen LogP) is 1.70. The zero-order valence-corrected chi connectivity index (χ0v) is 12.7. The smallest absolute Gasteiger partial charge is 0.410 e. The molecule has 0 bridgehead atoms. The lowest BCUT2D eigenvalue weighted by Crippen LogP contribution is -2.50. The fourth-order valence-corrected chi connectivity index (χ4v) is 2.09. The highest BCUT2D eigenvalue weighted by molar-refractivity contribution is 5.68. The number of aliphatic hydroxyl groups is 1. The first-order valence-corrected chi connectivity index (χ1v) is 7.16. The van der Waals surface area contributed by atoms with Crippen molar-refractivity contribution in [1.82, 2.24) is 9.80 Å². The van der Waals surface area contributed by atoms with E-state index in [1.54, 1.807) is 4.90 Å². The molecule has 19 heavy (non-hydrogen) atoms.